The molecule has 1 fully saturated rings. The first kappa shape index (κ1) is 30.5. The fourth-order valence-corrected chi connectivity index (χ4v) is 5.04. The number of methoxy groups -OCH3 is 2. The Labute approximate surface area is 257 Å². The molecule has 4 aromatic rings. The Morgan fingerprint density at radius 1 is 0.568 bits per heavy atom. The van der Waals surface area contributed by atoms with Gasteiger partial charge in [-0.2, -0.15) is 0 Å². The smallest absolute Gasteiger partial charge is 0.338 e. The predicted octanol–water partition coefficient (Wildman–Crippen LogP) is 7.19. The molecule has 0 spiro atoms. The molecule has 1 saturated carbocycles. The highest BCUT2D eigenvalue weighted by Crippen LogP contribution is 2.32. The molecule has 0 saturated heterocycles. The second-order valence-corrected chi connectivity index (χ2v) is 10.5. The van der Waals surface area contributed by atoms with Gasteiger partial charge in [-0.05, 0) is 73.2 Å². The van der Waals surface area contributed by atoms with E-state index in [0.717, 1.165) is 24.0 Å². The fraction of sp³-hybridized carbons (Fsp3) is 0.278. The van der Waals surface area contributed by atoms with E-state index in [1.165, 1.54) is 14.2 Å². The average molecular weight is 597 g/mol. The topological polar surface area (TPSA) is 89.5 Å². The van der Waals surface area contributed by atoms with Crippen molar-refractivity contribution in [3.63, 3.8) is 0 Å². The molecule has 8 heteroatoms. The number of hydrogen-bond donors (Lipinski definition) is 0. The highest BCUT2D eigenvalue weighted by molar-refractivity contribution is 5.91. The van der Waals surface area contributed by atoms with Gasteiger partial charge in [-0.15, -0.1) is 0 Å². The van der Waals surface area contributed by atoms with Crippen molar-refractivity contribution in [3.05, 3.63) is 119 Å². The predicted molar refractivity (Wildman–Crippen MR) is 164 cm³/mol. The van der Waals surface area contributed by atoms with Crippen molar-refractivity contribution < 1.29 is 38.0 Å². The molecule has 4 aromatic carbocycles. The second kappa shape index (κ2) is 15.0. The summed E-state index contributed by atoms with van der Waals surface area (Å²) in [5, 5.41) is 0. The molecule has 0 heterocycles. The maximum atomic E-state index is 13.2. The van der Waals surface area contributed by atoms with Gasteiger partial charge >= 0.3 is 11.9 Å². The number of benzene rings is 4. The molecule has 8 nitrogen and oxygen atoms in total. The zero-order valence-corrected chi connectivity index (χ0v) is 24.9. The van der Waals surface area contributed by atoms with Crippen LogP contribution < -0.4 is 18.9 Å². The van der Waals surface area contributed by atoms with Gasteiger partial charge in [0.1, 0.15) is 25.4 Å². The Kier molecular flexibility index (Phi) is 10.4. The van der Waals surface area contributed by atoms with Gasteiger partial charge < -0.3 is 28.4 Å². The lowest BCUT2D eigenvalue weighted by molar-refractivity contribution is -0.0514. The number of esters is 2. The molecule has 0 unspecified atom stereocenters. The number of rotatable bonds is 12. The van der Waals surface area contributed by atoms with Gasteiger partial charge in [0.2, 0.25) is 0 Å². The summed E-state index contributed by atoms with van der Waals surface area (Å²) in [4.78, 5) is 26.3. The van der Waals surface area contributed by atoms with Crippen molar-refractivity contribution in [1.29, 1.82) is 0 Å². The summed E-state index contributed by atoms with van der Waals surface area (Å²) in [7, 11) is 3.04. The van der Waals surface area contributed by atoms with Crippen LogP contribution in [0.5, 0.6) is 23.0 Å². The molecule has 2 atom stereocenters. The highest BCUT2D eigenvalue weighted by Gasteiger charge is 2.32. The maximum Gasteiger partial charge on any atom is 0.338 e. The third kappa shape index (κ3) is 7.89. The summed E-state index contributed by atoms with van der Waals surface area (Å²) in [5.74, 6) is 0.841. The third-order valence-electron chi connectivity index (χ3n) is 7.43. The summed E-state index contributed by atoms with van der Waals surface area (Å²) in [6, 6.07) is 29.4. The monoisotopic (exact) mass is 596 g/mol. The van der Waals surface area contributed by atoms with Gasteiger partial charge in [-0.25, -0.2) is 9.59 Å². The highest BCUT2D eigenvalue weighted by atomic mass is 16.6. The molecule has 0 aromatic heterocycles. The summed E-state index contributed by atoms with van der Waals surface area (Å²) < 4.78 is 34.5. The van der Waals surface area contributed by atoms with Crippen molar-refractivity contribution >= 4 is 11.9 Å². The van der Waals surface area contributed by atoms with Crippen LogP contribution in [0, 0.1) is 0 Å². The van der Waals surface area contributed by atoms with Gasteiger partial charge in [-0.1, -0.05) is 60.7 Å². The zero-order valence-electron chi connectivity index (χ0n) is 24.9. The zero-order chi connectivity index (χ0) is 30.7. The molecule has 0 aliphatic heterocycles. The van der Waals surface area contributed by atoms with Crippen LogP contribution >= 0.6 is 0 Å². The molecular weight excluding hydrogens is 560 g/mol. The van der Waals surface area contributed by atoms with E-state index in [1.54, 1.807) is 36.4 Å². The minimum atomic E-state index is -0.574. The minimum absolute atomic E-state index is 0.320. The van der Waals surface area contributed by atoms with E-state index in [0.29, 0.717) is 60.2 Å². The van der Waals surface area contributed by atoms with Crippen LogP contribution in [0.2, 0.25) is 0 Å². The average Bonchev–Trinajstić information content (AvgIpc) is 3.08. The number of ether oxygens (including phenoxy) is 6. The van der Waals surface area contributed by atoms with Crippen LogP contribution in [-0.4, -0.2) is 38.4 Å². The van der Waals surface area contributed by atoms with Crippen molar-refractivity contribution in [2.75, 3.05) is 14.2 Å². The number of carbonyl (C=O) groups is 2. The number of hydrogen-bond acceptors (Lipinski definition) is 8. The van der Waals surface area contributed by atoms with Crippen LogP contribution in [0.15, 0.2) is 97.1 Å². The van der Waals surface area contributed by atoms with E-state index in [4.69, 9.17) is 28.4 Å². The summed E-state index contributed by atoms with van der Waals surface area (Å²) in [6.45, 7) is 0.733. The first-order valence-electron chi connectivity index (χ1n) is 14.7. The summed E-state index contributed by atoms with van der Waals surface area (Å²) >= 11 is 0. The molecule has 0 amide bonds. The van der Waals surface area contributed by atoms with Crippen LogP contribution in [0.3, 0.4) is 0 Å². The second-order valence-electron chi connectivity index (χ2n) is 10.5. The lowest BCUT2D eigenvalue weighted by Gasteiger charge is -2.30. The van der Waals surface area contributed by atoms with Gasteiger partial charge in [0, 0.05) is 0 Å². The van der Waals surface area contributed by atoms with Crippen LogP contribution in [-0.2, 0) is 22.7 Å². The molecular formula is C36H36O8. The Hall–Kier alpha value is -4.98. The molecule has 0 radical (unpaired) electrons. The first-order chi connectivity index (χ1) is 21.5. The normalized spacial score (nSPS) is 16.0. The molecule has 228 valence electrons. The standard InChI is InChI=1S/C36H36O8/c1-39-33-21-27(17-19-29(33)41-23-25-11-5-3-6-12-25)35(37)43-31-15-9-10-16-32(31)44-36(38)28-18-20-30(34(22-28)40-2)42-24-26-13-7-4-8-14-26/h3-8,11-14,17-22,31-32H,9-10,15-16,23-24H2,1-2H3/t31-,32-/m1/s1. The molecule has 1 aliphatic carbocycles. The Balaban J connectivity index is 1.20. The van der Waals surface area contributed by atoms with Gasteiger partial charge in [0.25, 0.3) is 0 Å². The Bertz CT molecular complexity index is 1420. The summed E-state index contributed by atoms with van der Waals surface area (Å²) in [6.07, 6.45) is 1.76. The molecule has 0 N–H and O–H groups in total. The van der Waals surface area contributed by atoms with Crippen LogP contribution in [0.1, 0.15) is 57.5 Å². The van der Waals surface area contributed by atoms with Crippen molar-refractivity contribution in [1.82, 2.24) is 0 Å². The third-order valence-corrected chi connectivity index (χ3v) is 7.43. The van der Waals surface area contributed by atoms with E-state index < -0.39 is 24.1 Å². The first-order valence-corrected chi connectivity index (χ1v) is 14.7. The molecule has 5 rings (SSSR count). The van der Waals surface area contributed by atoms with E-state index in [9.17, 15) is 9.59 Å². The lowest BCUT2D eigenvalue weighted by Crippen LogP contribution is -2.37. The van der Waals surface area contributed by atoms with Crippen molar-refractivity contribution in [2.45, 2.75) is 51.1 Å². The van der Waals surface area contributed by atoms with Gasteiger partial charge in [0.15, 0.2) is 23.0 Å². The number of carbonyl (C=O) groups excluding carboxylic acids is 2. The van der Waals surface area contributed by atoms with Gasteiger partial charge in [0.05, 0.1) is 25.3 Å². The quantitative estimate of drug-likeness (QED) is 0.159. The SMILES string of the molecule is COc1cc(C(=O)O[C@@H]2CCCC[C@H]2OC(=O)c2ccc(OCc3ccccc3)c(OC)c2)ccc1OCc1ccccc1. The molecule has 44 heavy (non-hydrogen) atoms. The lowest BCUT2D eigenvalue weighted by atomic mass is 9.94. The molecule has 1 aliphatic rings. The molecule has 0 bridgehead atoms. The van der Waals surface area contributed by atoms with Crippen molar-refractivity contribution in [2.24, 2.45) is 0 Å². The van der Waals surface area contributed by atoms with Crippen LogP contribution in [0.25, 0.3) is 0 Å². The van der Waals surface area contributed by atoms with Gasteiger partial charge in [-0.3, -0.25) is 0 Å². The van der Waals surface area contributed by atoms with E-state index in [1.807, 2.05) is 60.7 Å². The van der Waals surface area contributed by atoms with Crippen molar-refractivity contribution in [3.8, 4) is 23.0 Å². The largest absolute Gasteiger partial charge is 0.493 e. The van der Waals surface area contributed by atoms with E-state index >= 15 is 0 Å². The minimum Gasteiger partial charge on any atom is -0.493 e. The Morgan fingerprint density at radius 3 is 1.36 bits per heavy atom. The van der Waals surface area contributed by atoms with Crippen LogP contribution in [0.4, 0.5) is 0 Å². The Morgan fingerprint density at radius 2 is 0.977 bits per heavy atom. The fourth-order valence-electron chi connectivity index (χ4n) is 5.04. The van der Waals surface area contributed by atoms with E-state index in [-0.39, 0.29) is 0 Å². The van der Waals surface area contributed by atoms with E-state index in [2.05, 4.69) is 0 Å². The summed E-state index contributed by atoms with van der Waals surface area (Å²) in [5.41, 5.74) is 2.67. The maximum absolute atomic E-state index is 13.2.